The standard InChI is InChI=1S/C17H24N2O2/c1-12-6-7-14(13(2)11-12)8-9-16(20)19-15-5-3-4-10-18-17(15)21/h6-7,11,15H,3-5,8-10H2,1-2H3,(H,18,21)(H,19,20). The summed E-state index contributed by atoms with van der Waals surface area (Å²) in [5.41, 5.74) is 3.65. The molecule has 4 heteroatoms. The number of amides is 2. The predicted octanol–water partition coefficient (Wildman–Crippen LogP) is 2.02. The minimum Gasteiger partial charge on any atom is -0.354 e. The summed E-state index contributed by atoms with van der Waals surface area (Å²) in [6.45, 7) is 4.85. The van der Waals surface area contributed by atoms with Gasteiger partial charge in [-0.05, 0) is 50.7 Å². The lowest BCUT2D eigenvalue weighted by atomic mass is 10.0. The zero-order valence-electron chi connectivity index (χ0n) is 12.9. The van der Waals surface area contributed by atoms with Gasteiger partial charge in [0.15, 0.2) is 0 Å². The molecular formula is C17H24N2O2. The second kappa shape index (κ2) is 7.25. The second-order valence-electron chi connectivity index (χ2n) is 5.84. The minimum atomic E-state index is -0.362. The molecule has 1 aliphatic rings. The van der Waals surface area contributed by atoms with Crippen molar-refractivity contribution >= 4 is 11.8 Å². The molecule has 114 valence electrons. The molecule has 0 radical (unpaired) electrons. The molecule has 1 heterocycles. The Bertz CT molecular complexity index is 526. The number of carbonyl (C=O) groups is 2. The van der Waals surface area contributed by atoms with Crippen LogP contribution in [0.15, 0.2) is 18.2 Å². The molecule has 1 aliphatic heterocycles. The molecule has 1 aromatic rings. The Morgan fingerprint density at radius 2 is 2.14 bits per heavy atom. The van der Waals surface area contributed by atoms with Gasteiger partial charge in [-0.1, -0.05) is 23.8 Å². The molecule has 0 saturated carbocycles. The maximum atomic E-state index is 12.0. The minimum absolute atomic E-state index is 0.0444. The van der Waals surface area contributed by atoms with Gasteiger partial charge in [0, 0.05) is 13.0 Å². The maximum Gasteiger partial charge on any atom is 0.242 e. The fraction of sp³-hybridized carbons (Fsp3) is 0.529. The van der Waals surface area contributed by atoms with Gasteiger partial charge in [0.1, 0.15) is 6.04 Å². The van der Waals surface area contributed by atoms with E-state index in [-0.39, 0.29) is 17.9 Å². The topological polar surface area (TPSA) is 58.2 Å². The van der Waals surface area contributed by atoms with Gasteiger partial charge >= 0.3 is 0 Å². The molecule has 1 aromatic carbocycles. The molecule has 0 bridgehead atoms. The predicted molar refractivity (Wildman–Crippen MR) is 83.0 cm³/mol. The largest absolute Gasteiger partial charge is 0.354 e. The third-order valence-corrected chi connectivity index (χ3v) is 3.99. The van der Waals surface area contributed by atoms with Crippen molar-refractivity contribution in [3.05, 3.63) is 34.9 Å². The summed E-state index contributed by atoms with van der Waals surface area (Å²) in [4.78, 5) is 23.8. The smallest absolute Gasteiger partial charge is 0.242 e. The molecule has 1 atom stereocenters. The van der Waals surface area contributed by atoms with Crippen LogP contribution in [0.25, 0.3) is 0 Å². The molecule has 2 rings (SSSR count). The number of rotatable bonds is 4. The molecule has 0 aromatic heterocycles. The molecule has 2 amide bonds. The number of nitrogens with one attached hydrogen (secondary N) is 2. The summed E-state index contributed by atoms with van der Waals surface area (Å²) in [6.07, 6.45) is 3.84. The highest BCUT2D eigenvalue weighted by Gasteiger charge is 2.22. The molecule has 2 N–H and O–H groups in total. The average Bonchev–Trinajstić information content (AvgIpc) is 2.63. The lowest BCUT2D eigenvalue weighted by molar-refractivity contribution is -0.128. The van der Waals surface area contributed by atoms with Crippen LogP contribution in [0.5, 0.6) is 0 Å². The first kappa shape index (κ1) is 15.5. The van der Waals surface area contributed by atoms with Crippen LogP contribution in [-0.4, -0.2) is 24.4 Å². The van der Waals surface area contributed by atoms with Crippen LogP contribution in [0, 0.1) is 13.8 Å². The summed E-state index contributed by atoms with van der Waals surface area (Å²) >= 11 is 0. The monoisotopic (exact) mass is 288 g/mol. The van der Waals surface area contributed by atoms with E-state index in [1.54, 1.807) is 0 Å². The van der Waals surface area contributed by atoms with Crippen molar-refractivity contribution in [2.24, 2.45) is 0 Å². The normalized spacial score (nSPS) is 18.8. The van der Waals surface area contributed by atoms with E-state index < -0.39 is 0 Å². The number of carbonyl (C=O) groups excluding carboxylic acids is 2. The van der Waals surface area contributed by atoms with Gasteiger partial charge in [-0.15, -0.1) is 0 Å². The summed E-state index contributed by atoms with van der Waals surface area (Å²) in [6, 6.07) is 5.92. The Kier molecular flexibility index (Phi) is 5.37. The van der Waals surface area contributed by atoms with E-state index in [4.69, 9.17) is 0 Å². The summed E-state index contributed by atoms with van der Waals surface area (Å²) in [5, 5.41) is 5.69. The molecule has 1 saturated heterocycles. The molecule has 0 aliphatic carbocycles. The first-order valence-corrected chi connectivity index (χ1v) is 7.69. The van der Waals surface area contributed by atoms with Crippen LogP contribution >= 0.6 is 0 Å². The van der Waals surface area contributed by atoms with Crippen molar-refractivity contribution in [3.63, 3.8) is 0 Å². The molecular weight excluding hydrogens is 264 g/mol. The number of benzene rings is 1. The number of hydrogen-bond acceptors (Lipinski definition) is 2. The van der Waals surface area contributed by atoms with Crippen LogP contribution < -0.4 is 10.6 Å². The second-order valence-corrected chi connectivity index (χ2v) is 5.84. The van der Waals surface area contributed by atoms with Crippen molar-refractivity contribution in [2.75, 3.05) is 6.54 Å². The zero-order valence-corrected chi connectivity index (χ0v) is 12.9. The van der Waals surface area contributed by atoms with Gasteiger partial charge in [-0.3, -0.25) is 9.59 Å². The van der Waals surface area contributed by atoms with Gasteiger partial charge < -0.3 is 10.6 Å². The van der Waals surface area contributed by atoms with E-state index in [0.29, 0.717) is 19.4 Å². The summed E-state index contributed by atoms with van der Waals surface area (Å²) in [7, 11) is 0. The van der Waals surface area contributed by atoms with E-state index in [9.17, 15) is 9.59 Å². The number of hydrogen-bond donors (Lipinski definition) is 2. The van der Waals surface area contributed by atoms with E-state index in [2.05, 4.69) is 42.7 Å². The van der Waals surface area contributed by atoms with E-state index in [1.165, 1.54) is 16.7 Å². The van der Waals surface area contributed by atoms with Gasteiger partial charge in [0.05, 0.1) is 0 Å². The van der Waals surface area contributed by atoms with Crippen LogP contribution in [0.3, 0.4) is 0 Å². The van der Waals surface area contributed by atoms with Crippen molar-refractivity contribution in [3.8, 4) is 0 Å². The van der Waals surface area contributed by atoms with Crippen LogP contribution in [0.2, 0.25) is 0 Å². The molecule has 1 fully saturated rings. The number of aryl methyl sites for hydroxylation is 3. The zero-order chi connectivity index (χ0) is 15.2. The Morgan fingerprint density at radius 1 is 1.33 bits per heavy atom. The first-order chi connectivity index (χ1) is 10.1. The molecule has 21 heavy (non-hydrogen) atoms. The summed E-state index contributed by atoms with van der Waals surface area (Å²) < 4.78 is 0. The van der Waals surface area contributed by atoms with Crippen molar-refractivity contribution < 1.29 is 9.59 Å². The van der Waals surface area contributed by atoms with Gasteiger partial charge in [-0.25, -0.2) is 0 Å². The quantitative estimate of drug-likeness (QED) is 0.890. The fourth-order valence-electron chi connectivity index (χ4n) is 2.72. The van der Waals surface area contributed by atoms with E-state index in [0.717, 1.165) is 19.3 Å². The van der Waals surface area contributed by atoms with Crippen molar-refractivity contribution in [1.82, 2.24) is 10.6 Å². The lowest BCUT2D eigenvalue weighted by Crippen LogP contribution is -2.45. The highest BCUT2D eigenvalue weighted by molar-refractivity contribution is 5.87. The van der Waals surface area contributed by atoms with Crippen LogP contribution in [0.4, 0.5) is 0 Å². The summed E-state index contributed by atoms with van der Waals surface area (Å²) in [5.74, 6) is -0.0932. The third-order valence-electron chi connectivity index (χ3n) is 3.99. The Hall–Kier alpha value is -1.84. The van der Waals surface area contributed by atoms with Crippen LogP contribution in [-0.2, 0) is 16.0 Å². The SMILES string of the molecule is Cc1ccc(CCC(=O)NC2CCCCNC2=O)c(C)c1. The van der Waals surface area contributed by atoms with Crippen molar-refractivity contribution in [1.29, 1.82) is 0 Å². The Balaban J connectivity index is 1.85. The highest BCUT2D eigenvalue weighted by Crippen LogP contribution is 2.13. The van der Waals surface area contributed by atoms with Gasteiger partial charge in [-0.2, -0.15) is 0 Å². The lowest BCUT2D eigenvalue weighted by Gasteiger charge is -2.15. The van der Waals surface area contributed by atoms with Crippen LogP contribution in [0.1, 0.15) is 42.4 Å². The Labute approximate surface area is 126 Å². The third kappa shape index (κ3) is 4.59. The van der Waals surface area contributed by atoms with E-state index in [1.807, 2.05) is 0 Å². The van der Waals surface area contributed by atoms with Crippen molar-refractivity contribution in [2.45, 2.75) is 52.0 Å². The fourth-order valence-corrected chi connectivity index (χ4v) is 2.72. The highest BCUT2D eigenvalue weighted by atomic mass is 16.2. The molecule has 0 spiro atoms. The first-order valence-electron chi connectivity index (χ1n) is 7.69. The maximum absolute atomic E-state index is 12.0. The molecule has 1 unspecified atom stereocenters. The molecule has 4 nitrogen and oxygen atoms in total. The van der Waals surface area contributed by atoms with Gasteiger partial charge in [0.2, 0.25) is 11.8 Å². The van der Waals surface area contributed by atoms with Gasteiger partial charge in [0.25, 0.3) is 0 Å². The average molecular weight is 288 g/mol. The van der Waals surface area contributed by atoms with E-state index >= 15 is 0 Å². The Morgan fingerprint density at radius 3 is 2.90 bits per heavy atom.